The lowest BCUT2D eigenvalue weighted by molar-refractivity contribution is -0.670. The monoisotopic (exact) mass is 407 g/mol. The van der Waals surface area contributed by atoms with Gasteiger partial charge in [-0.1, -0.05) is 62.4 Å². The summed E-state index contributed by atoms with van der Waals surface area (Å²) in [6.45, 7) is 4.20. The molecule has 0 aliphatic carbocycles. The van der Waals surface area contributed by atoms with Gasteiger partial charge < -0.3 is 0 Å². The van der Waals surface area contributed by atoms with Crippen LogP contribution in [0.3, 0.4) is 0 Å². The lowest BCUT2D eigenvalue weighted by Crippen LogP contribution is -2.48. The number of aromatic nitrogens is 2. The molecule has 2 amide bonds. The van der Waals surface area contributed by atoms with Gasteiger partial charge in [-0.25, -0.2) is 19.4 Å². The van der Waals surface area contributed by atoms with Gasteiger partial charge in [-0.3, -0.25) is 9.59 Å². The minimum Gasteiger partial charge on any atom is -0.298 e. The molecule has 0 aliphatic heterocycles. The molecule has 0 saturated heterocycles. The molecule has 3 rings (SSSR count). The Kier molecular flexibility index (Phi) is 8.05. The minimum absolute atomic E-state index is 0.201. The summed E-state index contributed by atoms with van der Waals surface area (Å²) in [6.07, 6.45) is 5.62. The number of nitrogens with zero attached hydrogens (tertiary/aromatic N) is 4. The van der Waals surface area contributed by atoms with Crippen molar-refractivity contribution in [2.45, 2.75) is 20.4 Å². The van der Waals surface area contributed by atoms with Crippen molar-refractivity contribution in [1.82, 2.24) is 14.6 Å². The van der Waals surface area contributed by atoms with Crippen molar-refractivity contribution in [3.05, 3.63) is 90.0 Å². The molecule has 0 bridgehead atoms. The van der Waals surface area contributed by atoms with Crippen LogP contribution in [0.15, 0.2) is 73.3 Å². The van der Waals surface area contributed by atoms with Crippen molar-refractivity contribution in [2.75, 3.05) is 7.05 Å². The second kappa shape index (κ2) is 10.7. The lowest BCUT2D eigenvalue weighted by Gasteiger charge is -2.30. The number of aryl methyl sites for hydroxylation is 1. The maximum atomic E-state index is 13.1. The molecule has 0 atom stereocenters. The number of aldehydes is 1. The summed E-state index contributed by atoms with van der Waals surface area (Å²) in [5, 5.41) is 2.59. The number of imidazole rings is 1. The van der Waals surface area contributed by atoms with E-state index in [1.807, 2.05) is 44.2 Å². The summed E-state index contributed by atoms with van der Waals surface area (Å²) in [4.78, 5) is 37.5. The zero-order valence-corrected chi connectivity index (χ0v) is 17.7. The highest BCUT2D eigenvalue weighted by Crippen LogP contribution is 2.14. The summed E-state index contributed by atoms with van der Waals surface area (Å²) in [6, 6.07) is 15.5. The Morgan fingerprint density at radius 3 is 2.27 bits per heavy atom. The number of hydrogen-bond donors (Lipinski definition) is 0. The van der Waals surface area contributed by atoms with E-state index in [-0.39, 0.29) is 23.7 Å². The Morgan fingerprint density at radius 2 is 1.67 bits per heavy atom. The highest BCUT2D eigenvalue weighted by Gasteiger charge is 2.29. The van der Waals surface area contributed by atoms with Gasteiger partial charge in [0, 0.05) is 12.6 Å². The van der Waals surface area contributed by atoms with Crippen molar-refractivity contribution in [3.63, 3.8) is 0 Å². The molecular formula is C23H27N4O3+. The van der Waals surface area contributed by atoms with E-state index in [1.165, 1.54) is 21.6 Å². The van der Waals surface area contributed by atoms with E-state index in [0.29, 0.717) is 6.29 Å². The van der Waals surface area contributed by atoms with E-state index in [2.05, 4.69) is 0 Å². The van der Waals surface area contributed by atoms with Crippen LogP contribution in [0.25, 0.3) is 0 Å². The lowest BCUT2D eigenvalue weighted by atomic mass is 10.1. The molecule has 0 aliphatic rings. The second-order valence-electron chi connectivity index (χ2n) is 6.35. The molecule has 0 fully saturated rings. The first-order valence-electron chi connectivity index (χ1n) is 9.72. The SMILES string of the molecule is CC.CN(C(=O)c1ccccc1C=O)N(Cc1ccccc1)C(=O)n1cc[n+](C)c1. The van der Waals surface area contributed by atoms with Gasteiger partial charge in [0.05, 0.1) is 19.2 Å². The topological polar surface area (TPSA) is 66.5 Å². The van der Waals surface area contributed by atoms with Gasteiger partial charge in [0.2, 0.25) is 0 Å². The van der Waals surface area contributed by atoms with Crippen molar-refractivity contribution in [1.29, 1.82) is 0 Å². The fourth-order valence-corrected chi connectivity index (χ4v) is 2.83. The third-order valence-corrected chi connectivity index (χ3v) is 4.36. The fraction of sp³-hybridized carbons (Fsp3) is 0.217. The number of benzene rings is 2. The molecule has 2 aromatic carbocycles. The molecule has 3 aromatic rings. The molecule has 1 aromatic heterocycles. The molecular weight excluding hydrogens is 380 g/mol. The number of rotatable bonds is 4. The van der Waals surface area contributed by atoms with Gasteiger partial charge in [0.1, 0.15) is 12.4 Å². The Balaban J connectivity index is 0.00000155. The third kappa shape index (κ3) is 5.20. The summed E-state index contributed by atoms with van der Waals surface area (Å²) in [7, 11) is 3.33. The largest absolute Gasteiger partial charge is 0.434 e. The molecule has 0 N–H and O–H groups in total. The number of hydrazine groups is 1. The van der Waals surface area contributed by atoms with Crippen LogP contribution in [-0.2, 0) is 13.6 Å². The van der Waals surface area contributed by atoms with Gasteiger partial charge in [-0.15, -0.1) is 0 Å². The predicted octanol–water partition coefficient (Wildman–Crippen LogP) is 3.31. The average Bonchev–Trinajstić information content (AvgIpc) is 3.24. The summed E-state index contributed by atoms with van der Waals surface area (Å²) < 4.78 is 3.14. The Hall–Kier alpha value is -3.74. The van der Waals surface area contributed by atoms with E-state index in [4.69, 9.17) is 0 Å². The van der Waals surface area contributed by atoms with Gasteiger partial charge in [-0.2, -0.15) is 4.57 Å². The summed E-state index contributed by atoms with van der Waals surface area (Å²) >= 11 is 0. The fourth-order valence-electron chi connectivity index (χ4n) is 2.83. The van der Waals surface area contributed by atoms with Crippen LogP contribution < -0.4 is 4.57 Å². The van der Waals surface area contributed by atoms with Gasteiger partial charge in [0.25, 0.3) is 12.2 Å². The smallest absolute Gasteiger partial charge is 0.298 e. The zero-order chi connectivity index (χ0) is 22.1. The summed E-state index contributed by atoms with van der Waals surface area (Å²) in [5.74, 6) is -0.441. The molecule has 0 unspecified atom stereocenters. The molecule has 0 radical (unpaired) electrons. The molecule has 0 saturated carbocycles. The second-order valence-corrected chi connectivity index (χ2v) is 6.35. The number of amides is 2. The van der Waals surface area contributed by atoms with E-state index in [1.54, 1.807) is 54.6 Å². The number of hydrogen-bond acceptors (Lipinski definition) is 3. The van der Waals surface area contributed by atoms with E-state index >= 15 is 0 Å². The van der Waals surface area contributed by atoms with Crippen LogP contribution in [0.1, 0.15) is 40.1 Å². The van der Waals surface area contributed by atoms with Crippen LogP contribution in [0, 0.1) is 0 Å². The molecule has 156 valence electrons. The van der Waals surface area contributed by atoms with Gasteiger partial charge in [-0.05, 0) is 11.6 Å². The van der Waals surface area contributed by atoms with Crippen molar-refractivity contribution in [3.8, 4) is 0 Å². The summed E-state index contributed by atoms with van der Waals surface area (Å²) in [5.41, 5.74) is 1.39. The number of carbonyl (C=O) groups is 3. The first-order chi connectivity index (χ1) is 14.5. The van der Waals surface area contributed by atoms with Crippen LogP contribution >= 0.6 is 0 Å². The highest BCUT2D eigenvalue weighted by molar-refractivity contribution is 6.01. The maximum absolute atomic E-state index is 13.1. The van der Waals surface area contributed by atoms with Gasteiger partial charge in [0.15, 0.2) is 6.29 Å². The first-order valence-corrected chi connectivity index (χ1v) is 9.72. The predicted molar refractivity (Wildman–Crippen MR) is 114 cm³/mol. The molecule has 0 spiro atoms. The molecule has 7 nitrogen and oxygen atoms in total. The highest BCUT2D eigenvalue weighted by atomic mass is 16.2. The van der Waals surface area contributed by atoms with E-state index in [9.17, 15) is 14.4 Å². The molecule has 7 heteroatoms. The molecule has 1 heterocycles. The normalized spacial score (nSPS) is 9.87. The van der Waals surface area contributed by atoms with E-state index in [0.717, 1.165) is 5.56 Å². The standard InChI is InChI=1S/C21H21N4O3.C2H6/c1-22-12-13-24(16-22)21(28)25(14-17-8-4-3-5-9-17)23(2)20(27)19-11-7-6-10-18(19)15-26;1-2/h3-13,15-16H,14H2,1-2H3;1-2H3/q+1;. The molecule has 30 heavy (non-hydrogen) atoms. The maximum Gasteiger partial charge on any atom is 0.434 e. The van der Waals surface area contributed by atoms with Crippen LogP contribution in [0.4, 0.5) is 4.79 Å². The number of carbonyl (C=O) groups excluding carboxylic acids is 3. The Morgan fingerprint density at radius 1 is 1.03 bits per heavy atom. The first kappa shape index (κ1) is 22.5. The van der Waals surface area contributed by atoms with Crippen LogP contribution in [0.2, 0.25) is 0 Å². The van der Waals surface area contributed by atoms with Crippen molar-refractivity contribution < 1.29 is 19.0 Å². The van der Waals surface area contributed by atoms with Crippen molar-refractivity contribution in [2.24, 2.45) is 7.05 Å². The minimum atomic E-state index is -0.441. The van der Waals surface area contributed by atoms with E-state index < -0.39 is 5.91 Å². The average molecular weight is 407 g/mol. The van der Waals surface area contributed by atoms with Crippen LogP contribution in [0.5, 0.6) is 0 Å². The Labute approximate surface area is 176 Å². The quantitative estimate of drug-likeness (QED) is 0.379. The Bertz CT molecular complexity index is 998. The zero-order valence-electron chi connectivity index (χ0n) is 17.7. The van der Waals surface area contributed by atoms with Crippen molar-refractivity contribution >= 4 is 18.2 Å². The van der Waals surface area contributed by atoms with Crippen LogP contribution in [-0.4, -0.2) is 39.9 Å². The van der Waals surface area contributed by atoms with Gasteiger partial charge >= 0.3 is 6.03 Å². The third-order valence-electron chi connectivity index (χ3n) is 4.36.